The number of Topliss-reactive ketones (excluding diaryl/α,β-unsaturated/α-hetero) is 1. The van der Waals surface area contributed by atoms with Gasteiger partial charge in [-0.15, -0.1) is 0 Å². The van der Waals surface area contributed by atoms with E-state index in [2.05, 4.69) is 13.8 Å². The summed E-state index contributed by atoms with van der Waals surface area (Å²) >= 11 is 0. The molecule has 0 aromatic heterocycles. The lowest BCUT2D eigenvalue weighted by atomic mass is 9.74. The molecule has 0 saturated heterocycles. The first-order valence-corrected chi connectivity index (χ1v) is 4.81. The minimum atomic E-state index is -0.493. The molecule has 2 heteroatoms. The molecule has 0 heterocycles. The highest BCUT2D eigenvalue weighted by Gasteiger charge is 2.26. The number of hydrogen-bond donors (Lipinski definition) is 0. The van der Waals surface area contributed by atoms with Crippen LogP contribution in [0.2, 0.25) is 0 Å². The number of carbonyl (C=O) groups excluding carboxylic acids is 1. The summed E-state index contributed by atoms with van der Waals surface area (Å²) in [5, 5.41) is 0. The van der Waals surface area contributed by atoms with Gasteiger partial charge in [-0.25, -0.2) is 4.39 Å². The van der Waals surface area contributed by atoms with E-state index in [4.69, 9.17) is 0 Å². The Morgan fingerprint density at radius 1 is 1.46 bits per heavy atom. The predicted molar refractivity (Wildman–Crippen MR) is 51.1 cm³/mol. The van der Waals surface area contributed by atoms with Gasteiger partial charge in [-0.3, -0.25) is 4.79 Å². The second-order valence-electron chi connectivity index (χ2n) is 4.67. The van der Waals surface area contributed by atoms with Crippen molar-refractivity contribution in [3.8, 4) is 0 Å². The summed E-state index contributed by atoms with van der Waals surface area (Å²) in [6.45, 7) is 5.54. The van der Waals surface area contributed by atoms with Gasteiger partial charge >= 0.3 is 0 Å². The molecule has 13 heavy (non-hydrogen) atoms. The van der Waals surface area contributed by atoms with Crippen LogP contribution in [0.5, 0.6) is 0 Å². The maximum absolute atomic E-state index is 13.3. The van der Waals surface area contributed by atoms with Gasteiger partial charge in [0.1, 0.15) is 0 Å². The van der Waals surface area contributed by atoms with Crippen molar-refractivity contribution >= 4 is 5.78 Å². The molecular weight excluding hydrogens is 167 g/mol. The number of hydrogen-bond acceptors (Lipinski definition) is 1. The molecule has 1 aliphatic rings. The standard InChI is InChI=1S/C11H17FO/c1-8(13)10(12)9-5-4-6-11(2,3)7-9/h4-7H2,1-3H3/b10-9+. The van der Waals surface area contributed by atoms with E-state index in [-0.39, 0.29) is 5.41 Å². The maximum atomic E-state index is 13.3. The Balaban J connectivity index is 2.82. The molecule has 0 aromatic carbocycles. The Morgan fingerprint density at radius 2 is 2.08 bits per heavy atom. The van der Waals surface area contributed by atoms with Crippen LogP contribution >= 0.6 is 0 Å². The van der Waals surface area contributed by atoms with Gasteiger partial charge in [0.2, 0.25) is 0 Å². The smallest absolute Gasteiger partial charge is 0.188 e. The molecule has 0 N–H and O–H groups in total. The minimum absolute atomic E-state index is 0.167. The SMILES string of the molecule is CC(=O)/C(F)=C1/CCCC(C)(C)C1. The molecule has 0 radical (unpaired) electrons. The van der Waals surface area contributed by atoms with Gasteiger partial charge in [0.05, 0.1) is 0 Å². The van der Waals surface area contributed by atoms with E-state index in [0.29, 0.717) is 0 Å². The van der Waals surface area contributed by atoms with E-state index in [9.17, 15) is 9.18 Å². The molecule has 1 rings (SSSR count). The molecule has 1 saturated carbocycles. The molecule has 0 spiro atoms. The van der Waals surface area contributed by atoms with Crippen LogP contribution in [0.3, 0.4) is 0 Å². The van der Waals surface area contributed by atoms with Gasteiger partial charge in [0.25, 0.3) is 0 Å². The van der Waals surface area contributed by atoms with E-state index in [0.717, 1.165) is 31.3 Å². The van der Waals surface area contributed by atoms with Crippen LogP contribution in [0.4, 0.5) is 4.39 Å². The van der Waals surface area contributed by atoms with E-state index in [1.54, 1.807) is 0 Å². The third-order valence-corrected chi connectivity index (χ3v) is 2.64. The molecule has 74 valence electrons. The second-order valence-corrected chi connectivity index (χ2v) is 4.67. The number of carbonyl (C=O) groups is 1. The number of allylic oxidation sites excluding steroid dienone is 2. The highest BCUT2D eigenvalue weighted by atomic mass is 19.1. The monoisotopic (exact) mass is 184 g/mol. The number of halogens is 1. The number of ketones is 1. The number of rotatable bonds is 1. The largest absolute Gasteiger partial charge is 0.292 e. The van der Waals surface area contributed by atoms with Crippen LogP contribution < -0.4 is 0 Å². The Morgan fingerprint density at radius 3 is 2.54 bits per heavy atom. The molecule has 1 fully saturated rings. The average Bonchev–Trinajstić information content (AvgIpc) is 2.01. The molecule has 0 amide bonds. The summed E-state index contributed by atoms with van der Waals surface area (Å²) in [5.74, 6) is -0.916. The molecule has 0 aliphatic heterocycles. The van der Waals surface area contributed by atoms with E-state index in [1.807, 2.05) is 0 Å². The lowest BCUT2D eigenvalue weighted by Crippen LogP contribution is -2.18. The van der Waals surface area contributed by atoms with Crippen molar-refractivity contribution in [2.45, 2.75) is 46.5 Å². The summed E-state index contributed by atoms with van der Waals surface area (Å²) in [5.41, 5.74) is 0.893. The average molecular weight is 184 g/mol. The third-order valence-electron chi connectivity index (χ3n) is 2.64. The third kappa shape index (κ3) is 2.64. The quantitative estimate of drug-likeness (QED) is 0.571. The van der Waals surface area contributed by atoms with Gasteiger partial charge in [0.15, 0.2) is 11.6 Å². The van der Waals surface area contributed by atoms with Crippen molar-refractivity contribution in [2.75, 3.05) is 0 Å². The van der Waals surface area contributed by atoms with Crippen LogP contribution in [0, 0.1) is 5.41 Å². The molecule has 1 aliphatic carbocycles. The Labute approximate surface area is 79.0 Å². The summed E-state index contributed by atoms with van der Waals surface area (Å²) < 4.78 is 13.3. The molecule has 0 aromatic rings. The highest BCUT2D eigenvalue weighted by Crippen LogP contribution is 2.39. The first kappa shape index (κ1) is 10.4. The van der Waals surface area contributed by atoms with E-state index >= 15 is 0 Å². The van der Waals surface area contributed by atoms with Crippen LogP contribution in [0.25, 0.3) is 0 Å². The zero-order valence-electron chi connectivity index (χ0n) is 8.61. The van der Waals surface area contributed by atoms with Crippen molar-refractivity contribution in [1.82, 2.24) is 0 Å². The fourth-order valence-electron chi connectivity index (χ4n) is 1.97. The van der Waals surface area contributed by atoms with E-state index in [1.165, 1.54) is 6.92 Å². The van der Waals surface area contributed by atoms with Crippen molar-refractivity contribution in [1.29, 1.82) is 0 Å². The fraction of sp³-hybridized carbons (Fsp3) is 0.727. The normalized spacial score (nSPS) is 25.5. The van der Waals surface area contributed by atoms with Gasteiger partial charge in [-0.05, 0) is 36.7 Å². The molecule has 0 unspecified atom stereocenters. The molecule has 0 bridgehead atoms. The van der Waals surface area contributed by atoms with Crippen molar-refractivity contribution in [2.24, 2.45) is 5.41 Å². The van der Waals surface area contributed by atoms with Crippen molar-refractivity contribution in [3.05, 3.63) is 11.4 Å². The van der Waals surface area contributed by atoms with Crippen LogP contribution in [0.1, 0.15) is 46.5 Å². The zero-order valence-corrected chi connectivity index (χ0v) is 8.61. The Kier molecular flexibility index (Phi) is 2.89. The van der Waals surface area contributed by atoms with Crippen LogP contribution in [-0.2, 0) is 4.79 Å². The fourth-order valence-corrected chi connectivity index (χ4v) is 1.97. The van der Waals surface area contributed by atoms with Gasteiger partial charge in [-0.1, -0.05) is 13.8 Å². The maximum Gasteiger partial charge on any atom is 0.188 e. The van der Waals surface area contributed by atoms with Gasteiger partial charge in [0, 0.05) is 6.92 Å². The molecule has 1 nitrogen and oxygen atoms in total. The Bertz CT molecular complexity index is 251. The zero-order chi connectivity index (χ0) is 10.1. The van der Waals surface area contributed by atoms with Crippen molar-refractivity contribution in [3.63, 3.8) is 0 Å². The summed E-state index contributed by atoms with van der Waals surface area (Å²) in [6, 6.07) is 0. The first-order valence-electron chi connectivity index (χ1n) is 4.81. The van der Waals surface area contributed by atoms with Crippen LogP contribution in [-0.4, -0.2) is 5.78 Å². The lowest BCUT2D eigenvalue weighted by Gasteiger charge is -2.31. The lowest BCUT2D eigenvalue weighted by molar-refractivity contribution is -0.115. The highest BCUT2D eigenvalue weighted by molar-refractivity contribution is 5.91. The Hall–Kier alpha value is -0.660. The first-order chi connectivity index (χ1) is 5.92. The molecule has 0 atom stereocenters. The van der Waals surface area contributed by atoms with Crippen LogP contribution in [0.15, 0.2) is 11.4 Å². The topological polar surface area (TPSA) is 17.1 Å². The summed E-state index contributed by atoms with van der Waals surface area (Å²) in [7, 11) is 0. The predicted octanol–water partition coefficient (Wildman–Crippen LogP) is 3.40. The van der Waals surface area contributed by atoms with Crippen molar-refractivity contribution < 1.29 is 9.18 Å². The van der Waals surface area contributed by atoms with E-state index < -0.39 is 11.6 Å². The summed E-state index contributed by atoms with van der Waals surface area (Å²) in [6.07, 6.45) is 3.62. The second kappa shape index (κ2) is 3.60. The van der Waals surface area contributed by atoms with Gasteiger partial charge < -0.3 is 0 Å². The minimum Gasteiger partial charge on any atom is -0.292 e. The van der Waals surface area contributed by atoms with Gasteiger partial charge in [-0.2, -0.15) is 0 Å². The molecular formula is C11H17FO. The summed E-state index contributed by atoms with van der Waals surface area (Å²) in [4.78, 5) is 10.8.